The second-order valence-corrected chi connectivity index (χ2v) is 4.81. The fraction of sp³-hybridized carbons (Fsp3) is 0.143. The van der Waals surface area contributed by atoms with E-state index in [-0.39, 0.29) is 5.82 Å². The van der Waals surface area contributed by atoms with Crippen LogP contribution in [0.25, 0.3) is 0 Å². The van der Waals surface area contributed by atoms with E-state index in [1.807, 2.05) is 17.0 Å². The number of benzene rings is 2. The van der Waals surface area contributed by atoms with Gasteiger partial charge in [-0.05, 0) is 42.3 Å². The Balaban J connectivity index is 2.08. The van der Waals surface area contributed by atoms with E-state index in [0.29, 0.717) is 10.7 Å². The maximum atomic E-state index is 13.3. The van der Waals surface area contributed by atoms with Gasteiger partial charge >= 0.3 is 0 Å². The number of hydrogen-bond acceptors (Lipinski definition) is 2. The van der Waals surface area contributed by atoms with Gasteiger partial charge < -0.3 is 10.6 Å². The van der Waals surface area contributed by atoms with Crippen molar-refractivity contribution in [2.75, 3.05) is 17.2 Å². The van der Waals surface area contributed by atoms with Crippen molar-refractivity contribution in [3.63, 3.8) is 0 Å². The zero-order chi connectivity index (χ0) is 12.7. The normalized spacial score (nSPS) is 13.8. The second-order valence-electron chi connectivity index (χ2n) is 4.38. The van der Waals surface area contributed by atoms with E-state index in [4.69, 9.17) is 17.3 Å². The van der Waals surface area contributed by atoms with Gasteiger partial charge in [-0.15, -0.1) is 0 Å². The van der Waals surface area contributed by atoms with Gasteiger partial charge in [-0.2, -0.15) is 0 Å². The number of nitrogens with two attached hydrogens (primary N) is 1. The molecule has 4 heteroatoms. The quantitative estimate of drug-likeness (QED) is 0.793. The van der Waals surface area contributed by atoms with Crippen molar-refractivity contribution in [1.82, 2.24) is 0 Å². The van der Waals surface area contributed by atoms with E-state index in [2.05, 4.69) is 0 Å². The van der Waals surface area contributed by atoms with Crippen LogP contribution in [-0.2, 0) is 6.42 Å². The van der Waals surface area contributed by atoms with Crippen LogP contribution in [0.5, 0.6) is 0 Å². The molecule has 0 bridgehead atoms. The summed E-state index contributed by atoms with van der Waals surface area (Å²) in [5, 5.41) is 0.606. The Morgan fingerprint density at radius 1 is 1.11 bits per heavy atom. The summed E-state index contributed by atoms with van der Waals surface area (Å²) in [6, 6.07) is 10.3. The Labute approximate surface area is 110 Å². The molecule has 0 atom stereocenters. The van der Waals surface area contributed by atoms with Gasteiger partial charge in [0, 0.05) is 17.3 Å². The van der Waals surface area contributed by atoms with Crippen molar-refractivity contribution in [3.8, 4) is 0 Å². The number of hydrogen-bond donors (Lipinski definition) is 1. The molecule has 92 valence electrons. The third kappa shape index (κ3) is 1.81. The van der Waals surface area contributed by atoms with Crippen LogP contribution in [-0.4, -0.2) is 6.54 Å². The Bertz CT molecular complexity index is 613. The molecule has 2 aromatic rings. The minimum Gasteiger partial charge on any atom is -0.397 e. The van der Waals surface area contributed by atoms with Crippen molar-refractivity contribution in [3.05, 3.63) is 52.8 Å². The van der Waals surface area contributed by atoms with Crippen molar-refractivity contribution in [2.45, 2.75) is 6.42 Å². The summed E-state index contributed by atoms with van der Waals surface area (Å²) in [7, 11) is 0. The van der Waals surface area contributed by atoms with Gasteiger partial charge in [0.15, 0.2) is 0 Å². The van der Waals surface area contributed by atoms with Crippen LogP contribution in [0.1, 0.15) is 5.56 Å². The summed E-state index contributed by atoms with van der Waals surface area (Å²) in [6.07, 6.45) is 0.900. The zero-order valence-corrected chi connectivity index (χ0v) is 10.4. The van der Waals surface area contributed by atoms with Gasteiger partial charge in [0.05, 0.1) is 11.4 Å². The molecule has 0 radical (unpaired) electrons. The molecule has 0 amide bonds. The largest absolute Gasteiger partial charge is 0.397 e. The van der Waals surface area contributed by atoms with E-state index >= 15 is 0 Å². The molecule has 3 rings (SSSR count). The van der Waals surface area contributed by atoms with Crippen LogP contribution in [0.15, 0.2) is 36.4 Å². The summed E-state index contributed by atoms with van der Waals surface area (Å²) < 4.78 is 13.3. The van der Waals surface area contributed by atoms with Crippen molar-refractivity contribution in [2.24, 2.45) is 0 Å². The Hall–Kier alpha value is -1.74. The average Bonchev–Trinajstić information content (AvgIpc) is 2.72. The topological polar surface area (TPSA) is 29.3 Å². The van der Waals surface area contributed by atoms with Crippen molar-refractivity contribution in [1.29, 1.82) is 0 Å². The predicted octanol–water partition coefficient (Wildman–Crippen LogP) is 3.76. The van der Waals surface area contributed by atoms with Gasteiger partial charge in [-0.25, -0.2) is 4.39 Å². The molecule has 0 saturated carbocycles. The van der Waals surface area contributed by atoms with Crippen LogP contribution < -0.4 is 10.6 Å². The number of anilines is 3. The molecule has 0 aliphatic carbocycles. The van der Waals surface area contributed by atoms with E-state index in [9.17, 15) is 4.39 Å². The number of rotatable bonds is 1. The van der Waals surface area contributed by atoms with Gasteiger partial charge in [-0.3, -0.25) is 0 Å². The highest BCUT2D eigenvalue weighted by atomic mass is 35.5. The van der Waals surface area contributed by atoms with Crippen LogP contribution >= 0.6 is 11.6 Å². The Morgan fingerprint density at radius 2 is 1.94 bits per heavy atom. The molecule has 18 heavy (non-hydrogen) atoms. The van der Waals surface area contributed by atoms with E-state index in [1.165, 1.54) is 6.07 Å². The Kier molecular flexibility index (Phi) is 2.63. The second kappa shape index (κ2) is 4.18. The van der Waals surface area contributed by atoms with Crippen molar-refractivity contribution < 1.29 is 4.39 Å². The van der Waals surface area contributed by atoms with Gasteiger partial charge in [0.2, 0.25) is 0 Å². The molecule has 0 unspecified atom stereocenters. The minimum absolute atomic E-state index is 0.229. The monoisotopic (exact) mass is 262 g/mol. The lowest BCUT2D eigenvalue weighted by molar-refractivity contribution is 0.628. The first-order valence-electron chi connectivity index (χ1n) is 5.76. The first-order valence-corrected chi connectivity index (χ1v) is 6.14. The molecule has 2 nitrogen and oxygen atoms in total. The molecule has 2 N–H and O–H groups in total. The fourth-order valence-corrected chi connectivity index (χ4v) is 2.55. The molecule has 1 aliphatic rings. The van der Waals surface area contributed by atoms with E-state index in [0.717, 1.165) is 29.9 Å². The molecular formula is C14H12ClFN2. The molecule has 0 aromatic heterocycles. The summed E-state index contributed by atoms with van der Waals surface area (Å²) in [5.41, 5.74) is 9.50. The smallest absolute Gasteiger partial charge is 0.125 e. The number of nitrogen functional groups attached to an aromatic ring is 1. The standard InChI is InChI=1S/C14H12ClFN2/c15-10-2-4-13(12(17)7-10)18-6-5-9-1-3-11(16)8-14(9)18/h1-4,7-8H,5-6,17H2. The molecule has 0 fully saturated rings. The maximum absolute atomic E-state index is 13.3. The minimum atomic E-state index is -0.229. The summed E-state index contributed by atoms with van der Waals surface area (Å²) in [5.74, 6) is -0.229. The fourth-order valence-electron chi connectivity index (χ4n) is 2.37. The van der Waals surface area contributed by atoms with Gasteiger partial charge in [-0.1, -0.05) is 17.7 Å². The predicted molar refractivity (Wildman–Crippen MR) is 73.0 cm³/mol. The van der Waals surface area contributed by atoms with E-state index in [1.54, 1.807) is 18.2 Å². The van der Waals surface area contributed by atoms with Crippen molar-refractivity contribution >= 4 is 28.7 Å². The van der Waals surface area contributed by atoms with E-state index < -0.39 is 0 Å². The summed E-state index contributed by atoms with van der Waals surface area (Å²) >= 11 is 5.89. The molecule has 2 aromatic carbocycles. The SMILES string of the molecule is Nc1cc(Cl)ccc1N1CCc2ccc(F)cc21. The first-order chi connectivity index (χ1) is 8.65. The third-order valence-electron chi connectivity index (χ3n) is 3.22. The number of nitrogens with zero attached hydrogens (tertiary/aromatic N) is 1. The van der Waals surface area contributed by atoms with Crippen LogP contribution in [0.3, 0.4) is 0 Å². The summed E-state index contributed by atoms with van der Waals surface area (Å²) in [4.78, 5) is 2.03. The zero-order valence-electron chi connectivity index (χ0n) is 9.66. The first kappa shape index (κ1) is 11.4. The summed E-state index contributed by atoms with van der Waals surface area (Å²) in [6.45, 7) is 0.810. The lowest BCUT2D eigenvalue weighted by atomic mass is 10.1. The number of halogens is 2. The third-order valence-corrected chi connectivity index (χ3v) is 3.46. The van der Waals surface area contributed by atoms with Crippen LogP contribution in [0, 0.1) is 5.82 Å². The van der Waals surface area contributed by atoms with Crippen LogP contribution in [0.4, 0.5) is 21.5 Å². The van der Waals surface area contributed by atoms with Crippen LogP contribution in [0.2, 0.25) is 5.02 Å². The van der Waals surface area contributed by atoms with Gasteiger partial charge in [0.1, 0.15) is 5.82 Å². The molecule has 1 aliphatic heterocycles. The Morgan fingerprint density at radius 3 is 2.72 bits per heavy atom. The molecular weight excluding hydrogens is 251 g/mol. The highest BCUT2D eigenvalue weighted by Gasteiger charge is 2.22. The highest BCUT2D eigenvalue weighted by Crippen LogP contribution is 2.38. The average molecular weight is 263 g/mol. The molecule has 1 heterocycles. The van der Waals surface area contributed by atoms with Gasteiger partial charge in [0.25, 0.3) is 0 Å². The highest BCUT2D eigenvalue weighted by molar-refractivity contribution is 6.31. The lowest BCUT2D eigenvalue weighted by Gasteiger charge is -2.21. The maximum Gasteiger partial charge on any atom is 0.125 e. The number of fused-ring (bicyclic) bond motifs is 1. The lowest BCUT2D eigenvalue weighted by Crippen LogP contribution is -2.15. The molecule has 0 spiro atoms. The molecule has 0 saturated heterocycles.